The Morgan fingerprint density at radius 3 is 2.64 bits per heavy atom. The van der Waals surface area contributed by atoms with E-state index in [0.29, 0.717) is 0 Å². The van der Waals surface area contributed by atoms with Crippen molar-refractivity contribution in [2.45, 2.75) is 45.2 Å². The molecule has 1 aliphatic heterocycles. The van der Waals surface area contributed by atoms with Crippen LogP contribution in [0.5, 0.6) is 5.75 Å². The number of hydrogen-bond acceptors (Lipinski definition) is 7. The molecule has 0 radical (unpaired) electrons. The van der Waals surface area contributed by atoms with E-state index in [-0.39, 0.29) is 41.7 Å². The van der Waals surface area contributed by atoms with Gasteiger partial charge in [0.2, 0.25) is 0 Å². The van der Waals surface area contributed by atoms with Crippen LogP contribution < -0.4 is 10.1 Å². The first-order chi connectivity index (χ1) is 13.3. The number of oxime groups is 1. The molecule has 28 heavy (non-hydrogen) atoms. The fourth-order valence-corrected chi connectivity index (χ4v) is 3.23. The van der Waals surface area contributed by atoms with Crippen molar-refractivity contribution in [2.75, 3.05) is 19.0 Å². The molecule has 2 rings (SSSR count). The van der Waals surface area contributed by atoms with Crippen molar-refractivity contribution in [3.05, 3.63) is 28.3 Å². The van der Waals surface area contributed by atoms with Crippen LogP contribution in [0.1, 0.15) is 33.1 Å². The second-order valence-corrected chi connectivity index (χ2v) is 6.57. The lowest BCUT2D eigenvalue weighted by Gasteiger charge is -2.38. The minimum atomic E-state index is -0.626. The highest BCUT2D eigenvalue weighted by molar-refractivity contribution is 6.31. The van der Waals surface area contributed by atoms with Crippen molar-refractivity contribution >= 4 is 29.4 Å². The SMILES string of the molecule is COc1cc([N+](=O)[O-])ccc1NC(=O)/C=N\OCC(=O)N1[C@H](C)CCC[C@@H]1C. The van der Waals surface area contributed by atoms with Crippen LogP contribution in [0.2, 0.25) is 0 Å². The number of hydrogen-bond donors (Lipinski definition) is 1. The topological polar surface area (TPSA) is 123 Å². The standard InChI is InChI=1S/C18H24N4O6/c1-12-5-4-6-13(2)21(12)18(24)11-28-19-10-17(23)20-15-8-7-14(22(25)26)9-16(15)27-3/h7-10,12-13H,4-6,11H2,1-3H3,(H,20,23)/b19-10-/t12-,13+. The van der Waals surface area contributed by atoms with E-state index in [1.807, 2.05) is 13.8 Å². The monoisotopic (exact) mass is 392 g/mol. The number of nitro groups is 1. The van der Waals surface area contributed by atoms with Gasteiger partial charge in [0.1, 0.15) is 12.0 Å². The van der Waals surface area contributed by atoms with Crippen LogP contribution in [0.3, 0.4) is 0 Å². The number of methoxy groups -OCH3 is 1. The normalized spacial score (nSPS) is 19.3. The lowest BCUT2D eigenvalue weighted by molar-refractivity contribution is -0.384. The van der Waals surface area contributed by atoms with Crippen molar-refractivity contribution in [1.82, 2.24) is 4.90 Å². The lowest BCUT2D eigenvalue weighted by Crippen LogP contribution is -2.48. The molecule has 0 unspecified atom stereocenters. The van der Waals surface area contributed by atoms with Gasteiger partial charge in [-0.05, 0) is 39.2 Å². The van der Waals surface area contributed by atoms with Crippen LogP contribution in [0.15, 0.2) is 23.4 Å². The fourth-order valence-electron chi connectivity index (χ4n) is 3.23. The maximum Gasteiger partial charge on any atom is 0.273 e. The number of piperidine rings is 1. The van der Waals surface area contributed by atoms with Crippen molar-refractivity contribution in [2.24, 2.45) is 5.16 Å². The Morgan fingerprint density at radius 2 is 2.04 bits per heavy atom. The zero-order valence-corrected chi connectivity index (χ0v) is 16.1. The van der Waals surface area contributed by atoms with E-state index in [1.165, 1.54) is 25.3 Å². The molecule has 1 aromatic carbocycles. The summed E-state index contributed by atoms with van der Waals surface area (Å²) in [5.74, 6) is -0.659. The molecule has 10 nitrogen and oxygen atoms in total. The van der Waals surface area contributed by atoms with Gasteiger partial charge in [-0.25, -0.2) is 0 Å². The summed E-state index contributed by atoms with van der Waals surface area (Å²) in [6.45, 7) is 3.75. The lowest BCUT2D eigenvalue weighted by atomic mass is 9.97. The van der Waals surface area contributed by atoms with Gasteiger partial charge >= 0.3 is 0 Å². The summed E-state index contributed by atoms with van der Waals surface area (Å²) in [7, 11) is 1.33. The zero-order valence-electron chi connectivity index (χ0n) is 16.1. The molecule has 1 N–H and O–H groups in total. The molecule has 1 aromatic rings. The van der Waals surface area contributed by atoms with Crippen molar-refractivity contribution in [3.63, 3.8) is 0 Å². The van der Waals surface area contributed by atoms with Crippen LogP contribution in [0.25, 0.3) is 0 Å². The maximum atomic E-state index is 12.3. The summed E-state index contributed by atoms with van der Waals surface area (Å²) in [6.07, 6.45) is 3.90. The first-order valence-electron chi connectivity index (χ1n) is 8.93. The predicted molar refractivity (Wildman–Crippen MR) is 102 cm³/mol. The number of likely N-dealkylation sites (tertiary alicyclic amines) is 1. The van der Waals surface area contributed by atoms with Crippen LogP contribution >= 0.6 is 0 Å². The number of rotatable bonds is 7. The molecule has 1 fully saturated rings. The molecule has 0 aromatic heterocycles. The third-order valence-corrected chi connectivity index (χ3v) is 4.57. The van der Waals surface area contributed by atoms with E-state index in [0.717, 1.165) is 25.5 Å². The molecule has 2 atom stereocenters. The highest BCUT2D eigenvalue weighted by atomic mass is 16.6. The van der Waals surface area contributed by atoms with Gasteiger partial charge in [-0.2, -0.15) is 0 Å². The molecule has 1 heterocycles. The van der Waals surface area contributed by atoms with E-state index < -0.39 is 10.8 Å². The Labute approximate surface area is 162 Å². The smallest absolute Gasteiger partial charge is 0.273 e. The summed E-state index contributed by atoms with van der Waals surface area (Å²) in [5, 5.41) is 16.8. The highest BCUT2D eigenvalue weighted by Gasteiger charge is 2.28. The van der Waals surface area contributed by atoms with Gasteiger partial charge in [-0.1, -0.05) is 5.16 Å². The summed E-state index contributed by atoms with van der Waals surface area (Å²) in [5.41, 5.74) is 0.0862. The van der Waals surface area contributed by atoms with Crippen LogP contribution in [0, 0.1) is 10.1 Å². The van der Waals surface area contributed by atoms with E-state index in [4.69, 9.17) is 9.57 Å². The van der Waals surface area contributed by atoms with Crippen molar-refractivity contribution in [1.29, 1.82) is 0 Å². The predicted octanol–water partition coefficient (Wildman–Crippen LogP) is 2.33. The quantitative estimate of drug-likeness (QED) is 0.431. The number of amides is 2. The van der Waals surface area contributed by atoms with Gasteiger partial charge in [0.25, 0.3) is 17.5 Å². The molecule has 10 heteroatoms. The molecular weight excluding hydrogens is 368 g/mol. The van der Waals surface area contributed by atoms with Crippen molar-refractivity contribution < 1.29 is 24.1 Å². The number of anilines is 1. The molecule has 1 aliphatic rings. The van der Waals surface area contributed by atoms with Crippen LogP contribution in [0.4, 0.5) is 11.4 Å². The van der Waals surface area contributed by atoms with Gasteiger partial charge in [0, 0.05) is 18.2 Å². The Morgan fingerprint density at radius 1 is 1.36 bits per heavy atom. The molecule has 2 amide bonds. The fraction of sp³-hybridized carbons (Fsp3) is 0.500. The first-order valence-corrected chi connectivity index (χ1v) is 8.93. The zero-order chi connectivity index (χ0) is 20.7. The largest absolute Gasteiger partial charge is 0.494 e. The third kappa shape index (κ3) is 5.41. The highest BCUT2D eigenvalue weighted by Crippen LogP contribution is 2.28. The Kier molecular flexibility index (Phi) is 7.30. The molecular formula is C18H24N4O6. The van der Waals surface area contributed by atoms with Crippen LogP contribution in [-0.2, 0) is 14.4 Å². The number of nitrogens with one attached hydrogen (secondary N) is 1. The van der Waals surface area contributed by atoms with Gasteiger partial charge < -0.3 is 19.8 Å². The number of benzene rings is 1. The number of carbonyl (C=O) groups excluding carboxylic acids is 2. The molecule has 1 saturated heterocycles. The van der Waals surface area contributed by atoms with Gasteiger partial charge in [0.15, 0.2) is 6.61 Å². The Hall–Kier alpha value is -3.17. The summed E-state index contributed by atoms with van der Waals surface area (Å²) in [6, 6.07) is 4.10. The maximum absolute atomic E-state index is 12.3. The molecule has 152 valence electrons. The van der Waals surface area contributed by atoms with Gasteiger partial charge in [-0.15, -0.1) is 0 Å². The van der Waals surface area contributed by atoms with Gasteiger partial charge in [0.05, 0.1) is 23.8 Å². The van der Waals surface area contributed by atoms with E-state index in [9.17, 15) is 19.7 Å². The average molecular weight is 392 g/mol. The second-order valence-electron chi connectivity index (χ2n) is 6.57. The van der Waals surface area contributed by atoms with Crippen molar-refractivity contribution in [3.8, 4) is 5.75 Å². The number of ether oxygens (including phenoxy) is 1. The number of nitro benzene ring substituents is 1. The Balaban J connectivity index is 1.87. The number of carbonyl (C=O) groups is 2. The van der Waals surface area contributed by atoms with Gasteiger partial charge in [-0.3, -0.25) is 19.7 Å². The first kappa shape index (κ1) is 21.1. The Bertz CT molecular complexity index is 756. The summed E-state index contributed by atoms with van der Waals surface area (Å²) in [4.78, 5) is 41.2. The molecule has 0 spiro atoms. The number of non-ortho nitro benzene ring substituents is 1. The third-order valence-electron chi connectivity index (χ3n) is 4.57. The van der Waals surface area contributed by atoms with E-state index in [2.05, 4.69) is 10.5 Å². The second kappa shape index (κ2) is 9.67. The minimum Gasteiger partial charge on any atom is -0.494 e. The number of nitrogens with zero attached hydrogens (tertiary/aromatic N) is 3. The summed E-state index contributed by atoms with van der Waals surface area (Å²) >= 11 is 0. The molecule has 0 saturated carbocycles. The van der Waals surface area contributed by atoms with Crippen LogP contribution in [-0.4, -0.2) is 53.7 Å². The summed E-state index contributed by atoms with van der Waals surface area (Å²) < 4.78 is 5.04. The van der Waals surface area contributed by atoms with E-state index >= 15 is 0 Å². The average Bonchev–Trinajstić information content (AvgIpc) is 2.65. The molecule has 0 aliphatic carbocycles. The molecule has 0 bridgehead atoms. The minimum absolute atomic E-state index is 0.139. The van der Waals surface area contributed by atoms with E-state index in [1.54, 1.807) is 4.90 Å².